The monoisotopic (exact) mass is 261 g/mol. The molecule has 1 unspecified atom stereocenters. The van der Waals surface area contributed by atoms with Crippen molar-refractivity contribution in [3.63, 3.8) is 0 Å². The summed E-state index contributed by atoms with van der Waals surface area (Å²) in [4.78, 5) is 4.79. The molecule has 0 spiro atoms. The van der Waals surface area contributed by atoms with E-state index in [-0.39, 0.29) is 0 Å². The first kappa shape index (κ1) is 14.4. The van der Waals surface area contributed by atoms with Gasteiger partial charge in [0.25, 0.3) is 0 Å². The second-order valence-electron chi connectivity index (χ2n) is 5.98. The van der Waals surface area contributed by atoms with Gasteiger partial charge < -0.3 is 15.1 Å². The maximum atomic E-state index is 3.66. The van der Waals surface area contributed by atoms with Crippen LogP contribution in [0.25, 0.3) is 0 Å². The van der Waals surface area contributed by atoms with Crippen LogP contribution < -0.4 is 10.2 Å². The minimum absolute atomic E-state index is 0.555. The summed E-state index contributed by atoms with van der Waals surface area (Å²) in [6.07, 6.45) is 1.22. The number of hydrogen-bond donors (Lipinski definition) is 1. The molecular formula is C16H27N3. The molecule has 2 rings (SSSR count). The van der Waals surface area contributed by atoms with Crippen molar-refractivity contribution in [2.24, 2.45) is 0 Å². The summed E-state index contributed by atoms with van der Waals surface area (Å²) < 4.78 is 0. The van der Waals surface area contributed by atoms with Gasteiger partial charge in [-0.3, -0.25) is 0 Å². The van der Waals surface area contributed by atoms with Gasteiger partial charge in [0.1, 0.15) is 0 Å². The zero-order chi connectivity index (χ0) is 13.8. The predicted molar refractivity (Wildman–Crippen MR) is 83.1 cm³/mol. The number of hydrogen-bond acceptors (Lipinski definition) is 3. The lowest BCUT2D eigenvalue weighted by molar-refractivity contribution is 0.346. The van der Waals surface area contributed by atoms with Crippen LogP contribution in [0, 0.1) is 13.8 Å². The van der Waals surface area contributed by atoms with Crippen molar-refractivity contribution < 1.29 is 0 Å². The number of nitrogens with one attached hydrogen (secondary N) is 1. The van der Waals surface area contributed by atoms with E-state index in [1.54, 1.807) is 0 Å². The van der Waals surface area contributed by atoms with Crippen molar-refractivity contribution in [1.82, 2.24) is 10.2 Å². The molecule has 1 saturated heterocycles. The van der Waals surface area contributed by atoms with Crippen molar-refractivity contribution in [2.45, 2.75) is 26.3 Å². The highest BCUT2D eigenvalue weighted by molar-refractivity contribution is 5.51. The third-order valence-electron chi connectivity index (χ3n) is 3.92. The van der Waals surface area contributed by atoms with E-state index >= 15 is 0 Å². The van der Waals surface area contributed by atoms with E-state index in [0.29, 0.717) is 6.04 Å². The SMILES string of the molecule is Cc1ccc(N2CCCNC(CN(C)C)C2)cc1C. The van der Waals surface area contributed by atoms with Gasteiger partial charge in [-0.15, -0.1) is 0 Å². The molecule has 3 heteroatoms. The molecule has 0 amide bonds. The van der Waals surface area contributed by atoms with E-state index in [1.165, 1.54) is 23.2 Å². The molecular weight excluding hydrogens is 234 g/mol. The molecule has 0 bridgehead atoms. The van der Waals surface area contributed by atoms with Crippen molar-refractivity contribution in [3.8, 4) is 0 Å². The molecule has 1 N–H and O–H groups in total. The summed E-state index contributed by atoms with van der Waals surface area (Å²) in [6.45, 7) is 8.85. The van der Waals surface area contributed by atoms with Gasteiger partial charge >= 0.3 is 0 Å². The van der Waals surface area contributed by atoms with Gasteiger partial charge in [-0.25, -0.2) is 0 Å². The van der Waals surface area contributed by atoms with Crippen molar-refractivity contribution in [3.05, 3.63) is 29.3 Å². The molecule has 106 valence electrons. The summed E-state index contributed by atoms with van der Waals surface area (Å²) in [5, 5.41) is 3.66. The van der Waals surface area contributed by atoms with Crippen LogP contribution in [0.5, 0.6) is 0 Å². The zero-order valence-electron chi connectivity index (χ0n) is 12.7. The van der Waals surface area contributed by atoms with E-state index in [2.05, 4.69) is 61.3 Å². The predicted octanol–water partition coefficient (Wildman–Crippen LogP) is 2.03. The maximum Gasteiger partial charge on any atom is 0.0371 e. The summed E-state index contributed by atoms with van der Waals surface area (Å²) in [5.41, 5.74) is 4.14. The molecule has 1 aromatic rings. The highest BCUT2D eigenvalue weighted by atomic mass is 15.2. The molecule has 1 aromatic carbocycles. The largest absolute Gasteiger partial charge is 0.370 e. The molecule has 0 saturated carbocycles. The second-order valence-corrected chi connectivity index (χ2v) is 5.98. The minimum Gasteiger partial charge on any atom is -0.370 e. The number of likely N-dealkylation sites (N-methyl/N-ethyl adjacent to an activating group) is 1. The maximum absolute atomic E-state index is 3.66. The molecule has 19 heavy (non-hydrogen) atoms. The molecule has 0 aromatic heterocycles. The van der Waals surface area contributed by atoms with Crippen LogP contribution in [0.15, 0.2) is 18.2 Å². The van der Waals surface area contributed by atoms with Crippen LogP contribution in [-0.4, -0.2) is 51.2 Å². The molecule has 1 aliphatic heterocycles. The average Bonchev–Trinajstić information content (AvgIpc) is 2.57. The fraction of sp³-hybridized carbons (Fsp3) is 0.625. The molecule has 0 radical (unpaired) electrons. The first-order chi connectivity index (χ1) is 9.06. The van der Waals surface area contributed by atoms with E-state index in [4.69, 9.17) is 0 Å². The third kappa shape index (κ3) is 3.95. The Morgan fingerprint density at radius 2 is 2.05 bits per heavy atom. The van der Waals surface area contributed by atoms with Gasteiger partial charge in [-0.1, -0.05) is 6.07 Å². The Bertz CT molecular complexity index is 414. The fourth-order valence-electron chi connectivity index (χ4n) is 2.72. The normalized spacial score (nSPS) is 20.7. The quantitative estimate of drug-likeness (QED) is 0.898. The highest BCUT2D eigenvalue weighted by Crippen LogP contribution is 2.20. The van der Waals surface area contributed by atoms with Crippen LogP contribution in [0.4, 0.5) is 5.69 Å². The first-order valence-corrected chi connectivity index (χ1v) is 7.26. The lowest BCUT2D eigenvalue weighted by Gasteiger charge is -2.28. The number of aryl methyl sites for hydroxylation is 2. The number of nitrogens with zero attached hydrogens (tertiary/aromatic N) is 2. The Hall–Kier alpha value is -1.06. The van der Waals surface area contributed by atoms with Crippen molar-refractivity contribution >= 4 is 5.69 Å². The third-order valence-corrected chi connectivity index (χ3v) is 3.92. The number of anilines is 1. The van der Waals surface area contributed by atoms with Crippen LogP contribution >= 0.6 is 0 Å². The van der Waals surface area contributed by atoms with Crippen LogP contribution in [0.2, 0.25) is 0 Å². The Kier molecular flexibility index (Phi) is 4.83. The van der Waals surface area contributed by atoms with Crippen molar-refractivity contribution in [2.75, 3.05) is 45.2 Å². The fourth-order valence-corrected chi connectivity index (χ4v) is 2.72. The second kappa shape index (κ2) is 6.40. The van der Waals surface area contributed by atoms with Gasteiger partial charge in [0.15, 0.2) is 0 Å². The Morgan fingerprint density at radius 3 is 2.74 bits per heavy atom. The van der Waals surface area contributed by atoms with E-state index in [0.717, 1.165) is 26.2 Å². The summed E-state index contributed by atoms with van der Waals surface area (Å²) in [6, 6.07) is 7.39. The Balaban J connectivity index is 2.10. The molecule has 1 atom stereocenters. The van der Waals surface area contributed by atoms with Crippen LogP contribution in [-0.2, 0) is 0 Å². The molecule has 0 aliphatic carbocycles. The standard InChI is InChI=1S/C16H27N3/c1-13-6-7-16(10-14(13)2)19-9-5-8-17-15(12-19)11-18(3)4/h6-7,10,15,17H,5,8-9,11-12H2,1-4H3. The summed E-state index contributed by atoms with van der Waals surface area (Å²) >= 11 is 0. The van der Waals surface area contributed by atoms with Gasteiger partial charge in [0.2, 0.25) is 0 Å². The first-order valence-electron chi connectivity index (χ1n) is 7.26. The van der Waals surface area contributed by atoms with Crippen LogP contribution in [0.1, 0.15) is 17.5 Å². The number of rotatable bonds is 3. The molecule has 1 fully saturated rings. The number of benzene rings is 1. The van der Waals surface area contributed by atoms with Crippen molar-refractivity contribution in [1.29, 1.82) is 0 Å². The highest BCUT2D eigenvalue weighted by Gasteiger charge is 2.18. The average molecular weight is 261 g/mol. The van der Waals surface area contributed by atoms with Gasteiger partial charge in [-0.05, 0) is 64.2 Å². The van der Waals surface area contributed by atoms with E-state index in [1.807, 2.05) is 0 Å². The van der Waals surface area contributed by atoms with Gasteiger partial charge in [0.05, 0.1) is 0 Å². The molecule has 1 aliphatic rings. The van der Waals surface area contributed by atoms with Gasteiger partial charge in [0, 0.05) is 31.4 Å². The van der Waals surface area contributed by atoms with E-state index < -0.39 is 0 Å². The van der Waals surface area contributed by atoms with E-state index in [9.17, 15) is 0 Å². The molecule has 1 heterocycles. The van der Waals surface area contributed by atoms with Crippen LogP contribution in [0.3, 0.4) is 0 Å². The Labute approximate surface area is 117 Å². The minimum atomic E-state index is 0.555. The topological polar surface area (TPSA) is 18.5 Å². The molecule has 3 nitrogen and oxygen atoms in total. The van der Waals surface area contributed by atoms with Gasteiger partial charge in [-0.2, -0.15) is 0 Å². The Morgan fingerprint density at radius 1 is 1.26 bits per heavy atom. The summed E-state index contributed by atoms with van der Waals surface area (Å²) in [5.74, 6) is 0. The summed E-state index contributed by atoms with van der Waals surface area (Å²) in [7, 11) is 4.29. The smallest absolute Gasteiger partial charge is 0.0371 e. The lowest BCUT2D eigenvalue weighted by Crippen LogP contribution is -2.44. The zero-order valence-corrected chi connectivity index (χ0v) is 12.7. The lowest BCUT2D eigenvalue weighted by atomic mass is 10.1.